The van der Waals surface area contributed by atoms with Crippen molar-refractivity contribution in [3.8, 4) is 5.75 Å². The zero-order valence-corrected chi connectivity index (χ0v) is 8.06. The molecule has 0 spiro atoms. The van der Waals surface area contributed by atoms with Crippen LogP contribution in [0.4, 0.5) is 0 Å². The molecular weight excluding hydrogens is 152 g/mol. The fraction of sp³-hybridized carbons (Fsp3) is 0.333. The van der Waals surface area contributed by atoms with E-state index in [0.29, 0.717) is 0 Å². The molecule has 0 aliphatic heterocycles. The predicted octanol–water partition coefficient (Wildman–Crippen LogP) is 2.07. The van der Waals surface area contributed by atoms with Crippen LogP contribution >= 0.6 is 0 Å². The fourth-order valence-corrected chi connectivity index (χ4v) is 1.40. The topological polar surface area (TPSA) is 9.23 Å². The lowest BCUT2D eigenvalue weighted by atomic mass is 10.1. The molecule has 0 saturated heterocycles. The van der Waals surface area contributed by atoms with Crippen LogP contribution in [0.15, 0.2) is 12.1 Å². The molecule has 1 aromatic carbocycles. The first kappa shape index (κ1) is 8.33. The third kappa shape index (κ3) is 1.45. The summed E-state index contributed by atoms with van der Waals surface area (Å²) in [6.45, 7) is 6.16. The third-order valence-corrected chi connectivity index (χ3v) is 2.18. The van der Waals surface area contributed by atoms with E-state index in [2.05, 4.69) is 36.5 Å². The Bertz CT molecular complexity index is 269. The van der Waals surface area contributed by atoms with Crippen LogP contribution in [0.1, 0.15) is 16.7 Å². The average molecular weight is 163 g/mol. The van der Waals surface area contributed by atoms with Crippen molar-refractivity contribution in [2.45, 2.75) is 20.8 Å². The number of benzene rings is 1. The van der Waals surface area contributed by atoms with Crippen molar-refractivity contribution in [2.24, 2.45) is 0 Å². The van der Waals surface area contributed by atoms with Gasteiger partial charge >= 0.3 is 10.5 Å². The molecule has 0 bridgehead atoms. The van der Waals surface area contributed by atoms with Gasteiger partial charge in [0.1, 0.15) is 5.75 Å². The summed E-state index contributed by atoms with van der Waals surface area (Å²) in [6, 6.07) is 4.15. The summed E-state index contributed by atoms with van der Waals surface area (Å²) >= 11 is 0. The molecule has 3 radical (unpaired) electrons. The monoisotopic (exact) mass is 163 g/mol. The van der Waals surface area contributed by atoms with Gasteiger partial charge in [0, 0.05) is 0 Å². The van der Waals surface area contributed by atoms with E-state index < -0.39 is 0 Å². The van der Waals surface area contributed by atoms with E-state index >= 15 is 0 Å². The zero-order chi connectivity index (χ0) is 8.43. The van der Waals surface area contributed by atoms with Crippen molar-refractivity contribution < 1.29 is 4.43 Å². The van der Waals surface area contributed by atoms with E-state index in [4.69, 9.17) is 4.43 Å². The first-order chi connectivity index (χ1) is 5.16. The van der Waals surface area contributed by atoms with Crippen molar-refractivity contribution in [3.63, 3.8) is 0 Å². The SMILES string of the molecule is Cc1ccc(C)c(O[Si])c1C. The highest BCUT2D eigenvalue weighted by molar-refractivity contribution is 6.00. The van der Waals surface area contributed by atoms with E-state index in [-0.39, 0.29) is 0 Å². The van der Waals surface area contributed by atoms with E-state index in [1.54, 1.807) is 0 Å². The molecule has 0 amide bonds. The molecular formula is C9H11OSi. The summed E-state index contributed by atoms with van der Waals surface area (Å²) < 4.78 is 5.06. The normalized spacial score (nSPS) is 9.82. The van der Waals surface area contributed by atoms with Crippen LogP contribution in [0, 0.1) is 20.8 Å². The highest BCUT2D eigenvalue weighted by atomic mass is 28.2. The van der Waals surface area contributed by atoms with Crippen LogP contribution in [-0.4, -0.2) is 10.5 Å². The molecule has 0 N–H and O–H groups in total. The van der Waals surface area contributed by atoms with E-state index in [9.17, 15) is 0 Å². The molecule has 0 heterocycles. The summed E-state index contributed by atoms with van der Waals surface area (Å²) in [7, 11) is 3.04. The highest BCUT2D eigenvalue weighted by Gasteiger charge is 2.02. The maximum absolute atomic E-state index is 5.06. The first-order valence-corrected chi connectivity index (χ1v) is 3.98. The number of rotatable bonds is 1. The smallest absolute Gasteiger partial charge is 0.341 e. The van der Waals surface area contributed by atoms with Gasteiger partial charge in [-0.25, -0.2) is 0 Å². The van der Waals surface area contributed by atoms with Crippen LogP contribution in [0.2, 0.25) is 0 Å². The van der Waals surface area contributed by atoms with Crippen LogP contribution in [0.25, 0.3) is 0 Å². The number of hydrogen-bond acceptors (Lipinski definition) is 1. The molecule has 0 aromatic heterocycles. The van der Waals surface area contributed by atoms with Crippen molar-refractivity contribution in [1.29, 1.82) is 0 Å². The Morgan fingerprint density at radius 1 is 1.09 bits per heavy atom. The molecule has 57 valence electrons. The van der Waals surface area contributed by atoms with Crippen molar-refractivity contribution in [3.05, 3.63) is 28.8 Å². The summed E-state index contributed by atoms with van der Waals surface area (Å²) in [6.07, 6.45) is 0. The van der Waals surface area contributed by atoms with E-state index in [1.807, 2.05) is 6.92 Å². The van der Waals surface area contributed by atoms with Gasteiger partial charge in [0.2, 0.25) is 0 Å². The lowest BCUT2D eigenvalue weighted by Crippen LogP contribution is -1.93. The van der Waals surface area contributed by atoms with Gasteiger partial charge in [0.05, 0.1) is 0 Å². The zero-order valence-electron chi connectivity index (χ0n) is 7.06. The Kier molecular flexibility index (Phi) is 2.34. The summed E-state index contributed by atoms with van der Waals surface area (Å²) in [5.41, 5.74) is 3.60. The average Bonchev–Trinajstić information content (AvgIpc) is 1.99. The maximum atomic E-state index is 5.06. The molecule has 1 nitrogen and oxygen atoms in total. The Morgan fingerprint density at radius 2 is 1.64 bits per heavy atom. The van der Waals surface area contributed by atoms with Crippen molar-refractivity contribution in [2.75, 3.05) is 0 Å². The molecule has 1 rings (SSSR count). The van der Waals surface area contributed by atoms with Gasteiger partial charge in [-0.15, -0.1) is 0 Å². The lowest BCUT2D eigenvalue weighted by Gasteiger charge is -2.09. The number of aryl methyl sites for hydroxylation is 2. The van der Waals surface area contributed by atoms with Gasteiger partial charge in [-0.3, -0.25) is 0 Å². The lowest BCUT2D eigenvalue weighted by molar-refractivity contribution is 0.603. The third-order valence-electron chi connectivity index (χ3n) is 1.98. The molecule has 0 aliphatic rings. The largest absolute Gasteiger partial charge is 0.540 e. The van der Waals surface area contributed by atoms with Gasteiger partial charge in [-0.2, -0.15) is 0 Å². The molecule has 0 aliphatic carbocycles. The van der Waals surface area contributed by atoms with Gasteiger partial charge in [-0.1, -0.05) is 12.1 Å². The van der Waals surface area contributed by atoms with Gasteiger partial charge in [0.15, 0.2) is 0 Å². The first-order valence-electron chi connectivity index (χ1n) is 3.57. The standard InChI is InChI=1S/C9H11OSi/c1-6-4-5-7(2)9(10-11)8(6)3/h4-5H,1-3H3. The minimum atomic E-state index is 0.932. The Labute approximate surface area is 70.9 Å². The molecule has 0 atom stereocenters. The van der Waals surface area contributed by atoms with Crippen LogP contribution in [0.3, 0.4) is 0 Å². The molecule has 0 unspecified atom stereocenters. The molecule has 1 aromatic rings. The Balaban J connectivity index is 3.29. The van der Waals surface area contributed by atoms with Crippen molar-refractivity contribution in [1.82, 2.24) is 0 Å². The van der Waals surface area contributed by atoms with Crippen LogP contribution in [-0.2, 0) is 0 Å². The number of hydrogen-bond donors (Lipinski definition) is 0. The fourth-order valence-electron chi connectivity index (χ4n) is 1.08. The Morgan fingerprint density at radius 3 is 2.09 bits per heavy atom. The maximum Gasteiger partial charge on any atom is 0.341 e. The van der Waals surface area contributed by atoms with Crippen molar-refractivity contribution >= 4 is 10.5 Å². The van der Waals surface area contributed by atoms with Crippen LogP contribution in [0.5, 0.6) is 5.75 Å². The van der Waals surface area contributed by atoms with E-state index in [0.717, 1.165) is 11.3 Å². The molecule has 0 saturated carbocycles. The Hall–Kier alpha value is -0.763. The summed E-state index contributed by atoms with van der Waals surface area (Å²) in [5, 5.41) is 0. The predicted molar refractivity (Wildman–Crippen MR) is 47.0 cm³/mol. The summed E-state index contributed by atoms with van der Waals surface area (Å²) in [5.74, 6) is 0.932. The van der Waals surface area contributed by atoms with Gasteiger partial charge < -0.3 is 4.43 Å². The van der Waals surface area contributed by atoms with Gasteiger partial charge in [0.25, 0.3) is 0 Å². The quantitative estimate of drug-likeness (QED) is 0.576. The highest BCUT2D eigenvalue weighted by Crippen LogP contribution is 2.24. The summed E-state index contributed by atoms with van der Waals surface area (Å²) in [4.78, 5) is 0. The molecule has 0 fully saturated rings. The molecule has 11 heavy (non-hydrogen) atoms. The van der Waals surface area contributed by atoms with E-state index in [1.165, 1.54) is 11.1 Å². The minimum Gasteiger partial charge on any atom is -0.540 e. The van der Waals surface area contributed by atoms with Gasteiger partial charge in [-0.05, 0) is 37.5 Å². The van der Waals surface area contributed by atoms with Crippen LogP contribution < -0.4 is 4.43 Å². The second kappa shape index (κ2) is 3.09. The minimum absolute atomic E-state index is 0.932. The molecule has 2 heteroatoms. The second-order valence-corrected chi connectivity index (χ2v) is 2.96. The second-order valence-electron chi connectivity index (χ2n) is 2.76.